The smallest absolute Gasteiger partial charge is 0.101 e. The maximum absolute atomic E-state index is 9.09. The fraction of sp³-hybridized carbons (Fsp3) is 0.462. The van der Waals surface area contributed by atoms with Crippen molar-refractivity contribution in [2.45, 2.75) is 31.1 Å². The van der Waals surface area contributed by atoms with E-state index in [9.17, 15) is 0 Å². The Morgan fingerprint density at radius 3 is 3.06 bits per heavy atom. The second-order valence-electron chi connectivity index (χ2n) is 4.27. The minimum atomic E-state index is 0.468. The predicted octanol–water partition coefficient (Wildman–Crippen LogP) is 4.02. The molecule has 1 aromatic carbocycles. The summed E-state index contributed by atoms with van der Waals surface area (Å²) in [7, 11) is 0. The zero-order chi connectivity index (χ0) is 12.3. The quantitative estimate of drug-likeness (QED) is 0.896. The molecule has 4 heteroatoms. The monoisotopic (exact) mass is 310 g/mol. The number of thioether (sulfide) groups is 1. The van der Waals surface area contributed by atoms with Crippen LogP contribution in [0.25, 0.3) is 0 Å². The number of nitriles is 1. The van der Waals surface area contributed by atoms with Gasteiger partial charge in [-0.2, -0.15) is 17.0 Å². The molecule has 0 aromatic heterocycles. The molecule has 1 aromatic rings. The summed E-state index contributed by atoms with van der Waals surface area (Å²) in [5, 5.41) is 13.2. The lowest BCUT2D eigenvalue weighted by Crippen LogP contribution is -2.33. The molecule has 0 bridgehead atoms. The van der Waals surface area contributed by atoms with E-state index in [-0.39, 0.29) is 0 Å². The molecular formula is C13H15BrN2S. The molecule has 0 amide bonds. The van der Waals surface area contributed by atoms with Gasteiger partial charge in [0.2, 0.25) is 0 Å². The predicted molar refractivity (Wildman–Crippen MR) is 77.4 cm³/mol. The highest BCUT2D eigenvalue weighted by Gasteiger charge is 2.22. The highest BCUT2D eigenvalue weighted by Crippen LogP contribution is 2.29. The normalized spacial score (nSPS) is 24.1. The summed E-state index contributed by atoms with van der Waals surface area (Å²) in [4.78, 5) is 0. The Bertz CT molecular complexity index is 442. The van der Waals surface area contributed by atoms with Crippen LogP contribution >= 0.6 is 27.7 Å². The number of hydrogen-bond donors (Lipinski definition) is 1. The van der Waals surface area contributed by atoms with Crippen molar-refractivity contribution in [3.8, 4) is 6.07 Å². The van der Waals surface area contributed by atoms with Crippen LogP contribution in [0.3, 0.4) is 0 Å². The molecule has 90 valence electrons. The van der Waals surface area contributed by atoms with Gasteiger partial charge in [-0.05, 0) is 36.8 Å². The van der Waals surface area contributed by atoms with Crippen LogP contribution in [0.15, 0.2) is 22.7 Å². The van der Waals surface area contributed by atoms with Crippen LogP contribution in [0.1, 0.15) is 25.3 Å². The van der Waals surface area contributed by atoms with Crippen LogP contribution in [-0.4, -0.2) is 17.0 Å². The van der Waals surface area contributed by atoms with Crippen LogP contribution in [0.2, 0.25) is 0 Å². The van der Waals surface area contributed by atoms with Gasteiger partial charge in [0.15, 0.2) is 0 Å². The fourth-order valence-corrected chi connectivity index (χ4v) is 3.55. The number of hydrogen-bond acceptors (Lipinski definition) is 3. The summed E-state index contributed by atoms with van der Waals surface area (Å²) in [6.07, 6.45) is 2.44. The van der Waals surface area contributed by atoms with Gasteiger partial charge in [-0.3, -0.25) is 0 Å². The second-order valence-corrected chi connectivity index (χ2v) is 6.67. The first-order valence-corrected chi connectivity index (χ1v) is 7.62. The Balaban J connectivity index is 2.17. The molecular weight excluding hydrogens is 296 g/mol. The molecule has 17 heavy (non-hydrogen) atoms. The van der Waals surface area contributed by atoms with E-state index in [0.717, 1.165) is 15.7 Å². The second kappa shape index (κ2) is 5.79. The van der Waals surface area contributed by atoms with Crippen LogP contribution in [0.4, 0.5) is 5.69 Å². The zero-order valence-electron chi connectivity index (χ0n) is 9.74. The van der Waals surface area contributed by atoms with E-state index in [4.69, 9.17) is 5.26 Å². The molecule has 2 atom stereocenters. The summed E-state index contributed by atoms with van der Waals surface area (Å²) in [5.74, 6) is 1.25. The van der Waals surface area contributed by atoms with E-state index in [0.29, 0.717) is 11.3 Å². The van der Waals surface area contributed by atoms with Crippen LogP contribution in [0, 0.1) is 11.3 Å². The molecule has 0 spiro atoms. The van der Waals surface area contributed by atoms with Crippen LogP contribution in [0.5, 0.6) is 0 Å². The Morgan fingerprint density at radius 1 is 1.53 bits per heavy atom. The van der Waals surface area contributed by atoms with Crippen molar-refractivity contribution in [2.24, 2.45) is 0 Å². The molecule has 1 fully saturated rings. The Morgan fingerprint density at radius 2 is 2.35 bits per heavy atom. The molecule has 2 rings (SSSR count). The molecule has 2 unspecified atom stereocenters. The molecule has 1 saturated heterocycles. The van der Waals surface area contributed by atoms with Gasteiger partial charge in [-0.25, -0.2) is 0 Å². The Kier molecular flexibility index (Phi) is 4.36. The molecule has 0 aliphatic carbocycles. The van der Waals surface area contributed by atoms with E-state index in [1.165, 1.54) is 18.6 Å². The lowest BCUT2D eigenvalue weighted by atomic mass is 10.1. The van der Waals surface area contributed by atoms with Gasteiger partial charge in [-0.1, -0.05) is 22.9 Å². The minimum Gasteiger partial charge on any atom is -0.380 e. The number of nitrogens with zero attached hydrogens (tertiary/aromatic N) is 1. The SMILES string of the molecule is CC1SCCCC1Nc1cc(Br)ccc1C#N. The first-order valence-electron chi connectivity index (χ1n) is 5.78. The third kappa shape index (κ3) is 3.17. The van der Waals surface area contributed by atoms with E-state index in [1.807, 2.05) is 30.0 Å². The summed E-state index contributed by atoms with van der Waals surface area (Å²) >= 11 is 5.46. The molecule has 1 N–H and O–H groups in total. The molecule has 1 heterocycles. The van der Waals surface area contributed by atoms with Crippen molar-refractivity contribution in [3.63, 3.8) is 0 Å². The van der Waals surface area contributed by atoms with E-state index < -0.39 is 0 Å². The van der Waals surface area contributed by atoms with Crippen LogP contribution in [-0.2, 0) is 0 Å². The van der Waals surface area contributed by atoms with Gasteiger partial charge in [0.25, 0.3) is 0 Å². The standard InChI is InChI=1S/C13H15BrN2S/c1-9-12(3-2-6-17-9)16-13-7-11(14)5-4-10(13)8-15/h4-5,7,9,12,16H,2-3,6H2,1H3. The highest BCUT2D eigenvalue weighted by atomic mass is 79.9. The largest absolute Gasteiger partial charge is 0.380 e. The molecule has 2 nitrogen and oxygen atoms in total. The van der Waals surface area contributed by atoms with Gasteiger partial charge < -0.3 is 5.32 Å². The third-order valence-electron chi connectivity index (χ3n) is 3.05. The number of anilines is 1. The molecule has 0 saturated carbocycles. The fourth-order valence-electron chi connectivity index (χ4n) is 2.05. The summed E-state index contributed by atoms with van der Waals surface area (Å²) in [5.41, 5.74) is 1.66. The topological polar surface area (TPSA) is 35.8 Å². The van der Waals surface area contributed by atoms with E-state index in [1.54, 1.807) is 0 Å². The molecule has 0 radical (unpaired) electrons. The van der Waals surface area contributed by atoms with Crippen molar-refractivity contribution in [2.75, 3.05) is 11.1 Å². The van der Waals surface area contributed by atoms with Gasteiger partial charge in [0.05, 0.1) is 11.3 Å². The molecule has 1 aliphatic heterocycles. The maximum Gasteiger partial charge on any atom is 0.101 e. The lowest BCUT2D eigenvalue weighted by Gasteiger charge is -2.30. The number of benzene rings is 1. The van der Waals surface area contributed by atoms with Crippen molar-refractivity contribution < 1.29 is 0 Å². The van der Waals surface area contributed by atoms with Gasteiger partial charge in [0.1, 0.15) is 6.07 Å². The number of halogens is 1. The van der Waals surface area contributed by atoms with Gasteiger partial charge in [-0.15, -0.1) is 0 Å². The van der Waals surface area contributed by atoms with Crippen molar-refractivity contribution in [1.82, 2.24) is 0 Å². The van der Waals surface area contributed by atoms with Gasteiger partial charge >= 0.3 is 0 Å². The average molecular weight is 311 g/mol. The summed E-state index contributed by atoms with van der Waals surface area (Å²) < 4.78 is 1.01. The summed E-state index contributed by atoms with van der Waals surface area (Å²) in [6.45, 7) is 2.26. The van der Waals surface area contributed by atoms with Crippen LogP contribution < -0.4 is 5.32 Å². The van der Waals surface area contributed by atoms with E-state index >= 15 is 0 Å². The van der Waals surface area contributed by atoms with Crippen molar-refractivity contribution >= 4 is 33.4 Å². The molecule has 1 aliphatic rings. The number of rotatable bonds is 2. The minimum absolute atomic E-state index is 0.468. The van der Waals surface area contributed by atoms with Crippen molar-refractivity contribution in [3.05, 3.63) is 28.2 Å². The average Bonchev–Trinajstić information content (AvgIpc) is 2.32. The highest BCUT2D eigenvalue weighted by molar-refractivity contribution is 9.10. The van der Waals surface area contributed by atoms with Crippen molar-refractivity contribution in [1.29, 1.82) is 5.26 Å². The zero-order valence-corrected chi connectivity index (χ0v) is 12.1. The lowest BCUT2D eigenvalue weighted by molar-refractivity contribution is 0.617. The maximum atomic E-state index is 9.09. The summed E-state index contributed by atoms with van der Waals surface area (Å²) in [6, 6.07) is 8.46. The number of nitrogens with one attached hydrogen (secondary N) is 1. The third-order valence-corrected chi connectivity index (χ3v) is 4.92. The first-order chi connectivity index (χ1) is 8.20. The van der Waals surface area contributed by atoms with E-state index in [2.05, 4.69) is 34.2 Å². The Hall–Kier alpha value is -0.660. The first kappa shape index (κ1) is 12.8. The van der Waals surface area contributed by atoms with Gasteiger partial charge in [0, 0.05) is 15.8 Å². The Labute approximate surface area is 115 Å².